The van der Waals surface area contributed by atoms with Crippen molar-refractivity contribution < 1.29 is 14.3 Å². The van der Waals surface area contributed by atoms with Crippen molar-refractivity contribution in [2.45, 2.75) is 57.2 Å². The summed E-state index contributed by atoms with van der Waals surface area (Å²) in [7, 11) is 0. The van der Waals surface area contributed by atoms with Gasteiger partial charge in [-0.15, -0.1) is 0 Å². The molecule has 2 bridgehead atoms. The first-order valence-corrected chi connectivity index (χ1v) is 10.1. The van der Waals surface area contributed by atoms with E-state index in [4.69, 9.17) is 9.47 Å². The highest BCUT2D eigenvalue weighted by molar-refractivity contribution is 5.76. The Morgan fingerprint density at radius 3 is 2.59 bits per heavy atom. The molecule has 4 saturated heterocycles. The van der Waals surface area contributed by atoms with Gasteiger partial charge in [0.25, 0.3) is 0 Å². The van der Waals surface area contributed by atoms with Gasteiger partial charge in [0.2, 0.25) is 6.79 Å². The number of nitrogens with one attached hydrogen (secondary N) is 1. The molecule has 1 aromatic carbocycles. The molecule has 0 aromatic heterocycles. The third kappa shape index (κ3) is 2.85. The minimum absolute atomic E-state index is 0.0782. The van der Waals surface area contributed by atoms with Gasteiger partial charge in [0, 0.05) is 24.0 Å². The summed E-state index contributed by atoms with van der Waals surface area (Å²) >= 11 is 0. The van der Waals surface area contributed by atoms with E-state index < -0.39 is 0 Å². The third-order valence-electron chi connectivity index (χ3n) is 6.56. The van der Waals surface area contributed by atoms with Crippen molar-refractivity contribution in [3.63, 3.8) is 0 Å². The molecule has 0 unspecified atom stereocenters. The summed E-state index contributed by atoms with van der Waals surface area (Å²) in [5, 5.41) is 3.19. The molecule has 1 N–H and O–H groups in total. The third-order valence-corrected chi connectivity index (χ3v) is 6.56. The lowest BCUT2D eigenvalue weighted by Crippen LogP contribution is -2.62. The van der Waals surface area contributed by atoms with Gasteiger partial charge < -0.3 is 19.7 Å². The lowest BCUT2D eigenvalue weighted by molar-refractivity contribution is 0.00296. The Labute approximate surface area is 160 Å². The lowest BCUT2D eigenvalue weighted by Gasteiger charge is -2.51. The van der Waals surface area contributed by atoms with Crippen LogP contribution in [0.15, 0.2) is 18.2 Å². The van der Waals surface area contributed by atoms with Crippen LogP contribution in [0.5, 0.6) is 11.5 Å². The molecule has 0 radical (unpaired) electrons. The van der Waals surface area contributed by atoms with Crippen molar-refractivity contribution in [2.24, 2.45) is 5.92 Å². The van der Waals surface area contributed by atoms with Crippen LogP contribution in [0.1, 0.15) is 45.1 Å². The maximum absolute atomic E-state index is 13.1. The van der Waals surface area contributed by atoms with E-state index >= 15 is 0 Å². The number of urea groups is 1. The fraction of sp³-hybridized carbons (Fsp3) is 0.667. The zero-order valence-electron chi connectivity index (χ0n) is 16.4. The number of hydrogen-bond donors (Lipinski definition) is 1. The van der Waals surface area contributed by atoms with Crippen LogP contribution in [0, 0.1) is 5.92 Å². The van der Waals surface area contributed by atoms with Gasteiger partial charge in [-0.2, -0.15) is 0 Å². The van der Waals surface area contributed by atoms with E-state index in [0.29, 0.717) is 30.7 Å². The van der Waals surface area contributed by atoms with Crippen LogP contribution in [0.25, 0.3) is 0 Å². The van der Waals surface area contributed by atoms with E-state index in [2.05, 4.69) is 27.2 Å². The number of amides is 2. The molecule has 0 spiro atoms. The zero-order chi connectivity index (χ0) is 18.8. The van der Waals surface area contributed by atoms with Gasteiger partial charge >= 0.3 is 6.03 Å². The first-order chi connectivity index (χ1) is 12.9. The van der Waals surface area contributed by atoms with Crippen LogP contribution in [0.4, 0.5) is 4.79 Å². The topological polar surface area (TPSA) is 54.0 Å². The molecule has 5 heterocycles. The van der Waals surface area contributed by atoms with Crippen LogP contribution < -0.4 is 14.8 Å². The minimum atomic E-state index is -0.225. The highest BCUT2D eigenvalue weighted by atomic mass is 16.7. The molecule has 146 valence electrons. The normalized spacial score (nSPS) is 33.9. The maximum Gasteiger partial charge on any atom is 0.318 e. The maximum atomic E-state index is 13.1. The number of nitrogens with zero attached hydrogens (tertiary/aromatic N) is 2. The van der Waals surface area contributed by atoms with Crippen molar-refractivity contribution in [1.29, 1.82) is 0 Å². The molecule has 6 nitrogen and oxygen atoms in total. The molecule has 0 aliphatic carbocycles. The predicted molar refractivity (Wildman–Crippen MR) is 102 cm³/mol. The average Bonchev–Trinajstić information content (AvgIpc) is 3.26. The monoisotopic (exact) mass is 371 g/mol. The smallest absolute Gasteiger partial charge is 0.318 e. The predicted octanol–water partition coefficient (Wildman–Crippen LogP) is 2.79. The number of piperidine rings is 3. The summed E-state index contributed by atoms with van der Waals surface area (Å²) in [6.07, 6.45) is 2.41. The number of benzene rings is 1. The molecule has 2 amide bonds. The number of hydrogen-bond acceptors (Lipinski definition) is 4. The Hall–Kier alpha value is -1.95. The lowest BCUT2D eigenvalue weighted by atomic mass is 9.75. The number of ether oxygens (including phenoxy) is 2. The number of rotatable bonds is 1. The number of fused-ring (bicyclic) bond motifs is 3. The van der Waals surface area contributed by atoms with E-state index in [1.165, 1.54) is 18.4 Å². The molecular weight excluding hydrogens is 342 g/mol. The largest absolute Gasteiger partial charge is 0.454 e. The van der Waals surface area contributed by atoms with Crippen molar-refractivity contribution >= 4 is 6.03 Å². The van der Waals surface area contributed by atoms with Gasteiger partial charge in [0.15, 0.2) is 11.5 Å². The second-order valence-corrected chi connectivity index (χ2v) is 9.41. The number of carbonyl (C=O) groups excluding carboxylic acids is 1. The van der Waals surface area contributed by atoms with E-state index in [0.717, 1.165) is 31.1 Å². The Morgan fingerprint density at radius 2 is 1.85 bits per heavy atom. The van der Waals surface area contributed by atoms with Gasteiger partial charge in [-0.25, -0.2) is 4.79 Å². The van der Waals surface area contributed by atoms with Crippen LogP contribution in [-0.4, -0.2) is 59.9 Å². The Kier molecular flexibility index (Phi) is 3.83. The summed E-state index contributed by atoms with van der Waals surface area (Å²) in [6, 6.07) is 7.09. The second kappa shape index (κ2) is 6.03. The van der Waals surface area contributed by atoms with Gasteiger partial charge in [-0.1, -0.05) is 6.07 Å². The van der Waals surface area contributed by atoms with Gasteiger partial charge in [-0.05, 0) is 70.3 Å². The first-order valence-electron chi connectivity index (χ1n) is 10.1. The number of likely N-dealkylation sites (tertiary alicyclic amines) is 1. The summed E-state index contributed by atoms with van der Waals surface area (Å²) < 4.78 is 11.1. The fourth-order valence-electron chi connectivity index (χ4n) is 5.48. The van der Waals surface area contributed by atoms with E-state index in [-0.39, 0.29) is 11.6 Å². The molecular formula is C21H29N3O3. The Bertz CT molecular complexity index is 752. The quantitative estimate of drug-likeness (QED) is 0.825. The molecule has 5 aliphatic heterocycles. The second-order valence-electron chi connectivity index (χ2n) is 9.41. The van der Waals surface area contributed by atoms with E-state index in [1.807, 2.05) is 26.8 Å². The summed E-state index contributed by atoms with van der Waals surface area (Å²) in [4.78, 5) is 17.8. The summed E-state index contributed by atoms with van der Waals surface area (Å²) in [6.45, 7) is 9.51. The van der Waals surface area contributed by atoms with Gasteiger partial charge in [-0.3, -0.25) is 4.90 Å². The zero-order valence-corrected chi connectivity index (χ0v) is 16.4. The summed E-state index contributed by atoms with van der Waals surface area (Å²) in [5.41, 5.74) is 1.03. The van der Waals surface area contributed by atoms with Crippen LogP contribution in [0.2, 0.25) is 0 Å². The number of carbonyl (C=O) groups is 1. The molecule has 6 heteroatoms. The minimum Gasteiger partial charge on any atom is -0.454 e. The molecule has 6 rings (SSSR count). The SMILES string of the molecule is CC(C)(C)NC(=O)N1C[C@@H](c2ccc3c(c2)OCO3)[C@@H]2[C@H]1C1CCN2CC1. The molecule has 27 heavy (non-hydrogen) atoms. The van der Waals surface area contributed by atoms with Crippen molar-refractivity contribution in [3.8, 4) is 11.5 Å². The molecule has 5 aliphatic rings. The molecule has 4 fully saturated rings. The van der Waals surface area contributed by atoms with Crippen LogP contribution in [-0.2, 0) is 0 Å². The van der Waals surface area contributed by atoms with Gasteiger partial charge in [0.1, 0.15) is 0 Å². The van der Waals surface area contributed by atoms with Crippen molar-refractivity contribution in [2.75, 3.05) is 26.4 Å². The first kappa shape index (κ1) is 17.2. The van der Waals surface area contributed by atoms with E-state index in [9.17, 15) is 4.79 Å². The molecule has 1 aromatic rings. The molecule has 3 atom stereocenters. The van der Waals surface area contributed by atoms with Crippen molar-refractivity contribution in [1.82, 2.24) is 15.1 Å². The highest BCUT2D eigenvalue weighted by Crippen LogP contribution is 2.47. The van der Waals surface area contributed by atoms with Crippen LogP contribution >= 0.6 is 0 Å². The molecule has 0 saturated carbocycles. The van der Waals surface area contributed by atoms with Gasteiger partial charge in [0.05, 0.1) is 6.04 Å². The van der Waals surface area contributed by atoms with Crippen LogP contribution in [0.3, 0.4) is 0 Å². The average molecular weight is 371 g/mol. The summed E-state index contributed by atoms with van der Waals surface area (Å²) in [5.74, 6) is 2.58. The van der Waals surface area contributed by atoms with E-state index in [1.54, 1.807) is 0 Å². The Balaban J connectivity index is 1.48. The standard InChI is InChI=1S/C21H29N3O3/c1-21(2,3)22-20(25)24-11-15(14-4-5-16-17(10-14)27-12-26-16)19-18(24)13-6-8-23(19)9-7-13/h4-5,10,13,15,18-19H,6-9,11-12H2,1-3H3,(H,22,25)/t15-,18+,19+/m0/s1. The fourth-order valence-corrected chi connectivity index (χ4v) is 5.48. The highest BCUT2D eigenvalue weighted by Gasteiger charge is 2.55. The Morgan fingerprint density at radius 1 is 1.11 bits per heavy atom. The van der Waals surface area contributed by atoms with Crippen molar-refractivity contribution in [3.05, 3.63) is 23.8 Å².